The summed E-state index contributed by atoms with van der Waals surface area (Å²) < 4.78 is 5.25. The number of rotatable bonds is 4. The standard InChI is InChI=1S/C12H18N2O2S/c1-9-2-3-11(17-9)7-14-12(15)13-6-10-4-5-16-8-10/h2-3,10H,4-8H2,1H3,(H2,13,14,15)/t10-/m0/s1. The second-order valence-electron chi connectivity index (χ2n) is 4.31. The predicted molar refractivity (Wildman–Crippen MR) is 68.2 cm³/mol. The average molecular weight is 254 g/mol. The Hall–Kier alpha value is -1.07. The van der Waals surface area contributed by atoms with Gasteiger partial charge in [-0.3, -0.25) is 0 Å². The van der Waals surface area contributed by atoms with E-state index in [1.54, 1.807) is 11.3 Å². The molecule has 17 heavy (non-hydrogen) atoms. The first-order valence-electron chi connectivity index (χ1n) is 5.89. The maximum Gasteiger partial charge on any atom is 0.315 e. The lowest BCUT2D eigenvalue weighted by molar-refractivity contribution is 0.185. The van der Waals surface area contributed by atoms with Gasteiger partial charge in [0.05, 0.1) is 13.2 Å². The van der Waals surface area contributed by atoms with Crippen LogP contribution in [0, 0.1) is 12.8 Å². The van der Waals surface area contributed by atoms with Gasteiger partial charge in [0.25, 0.3) is 0 Å². The molecule has 0 bridgehead atoms. The number of carbonyl (C=O) groups excluding carboxylic acids is 1. The first kappa shape index (κ1) is 12.4. The summed E-state index contributed by atoms with van der Waals surface area (Å²) in [6.07, 6.45) is 1.05. The Morgan fingerprint density at radius 3 is 3.06 bits per heavy atom. The van der Waals surface area contributed by atoms with E-state index in [2.05, 4.69) is 23.6 Å². The van der Waals surface area contributed by atoms with Crippen LogP contribution in [0.2, 0.25) is 0 Å². The topological polar surface area (TPSA) is 50.4 Å². The number of amides is 2. The molecular formula is C12H18N2O2S. The molecule has 2 rings (SSSR count). The Morgan fingerprint density at radius 1 is 1.53 bits per heavy atom. The van der Waals surface area contributed by atoms with Crippen molar-refractivity contribution in [3.63, 3.8) is 0 Å². The van der Waals surface area contributed by atoms with Crippen LogP contribution in [-0.4, -0.2) is 25.8 Å². The van der Waals surface area contributed by atoms with Crippen LogP contribution in [0.1, 0.15) is 16.2 Å². The molecule has 1 fully saturated rings. The largest absolute Gasteiger partial charge is 0.381 e. The summed E-state index contributed by atoms with van der Waals surface area (Å²) in [7, 11) is 0. The summed E-state index contributed by atoms with van der Waals surface area (Å²) in [6, 6.07) is 4.02. The molecule has 0 saturated carbocycles. The van der Waals surface area contributed by atoms with Crippen LogP contribution in [0.3, 0.4) is 0 Å². The van der Waals surface area contributed by atoms with Crippen LogP contribution in [0.4, 0.5) is 4.79 Å². The third-order valence-electron chi connectivity index (χ3n) is 2.79. The van der Waals surface area contributed by atoms with Gasteiger partial charge < -0.3 is 15.4 Å². The minimum atomic E-state index is -0.0945. The van der Waals surface area contributed by atoms with Crippen LogP contribution < -0.4 is 10.6 Å². The Morgan fingerprint density at radius 2 is 2.41 bits per heavy atom. The van der Waals surface area contributed by atoms with Crippen molar-refractivity contribution in [2.24, 2.45) is 5.92 Å². The lowest BCUT2D eigenvalue weighted by Gasteiger charge is -2.10. The molecule has 0 aliphatic carbocycles. The lowest BCUT2D eigenvalue weighted by Crippen LogP contribution is -2.37. The van der Waals surface area contributed by atoms with Gasteiger partial charge in [0.2, 0.25) is 0 Å². The van der Waals surface area contributed by atoms with Crippen LogP contribution in [0.15, 0.2) is 12.1 Å². The highest BCUT2D eigenvalue weighted by atomic mass is 32.1. The zero-order valence-electron chi connectivity index (χ0n) is 9.99. The Labute approximate surface area is 105 Å². The van der Waals surface area contributed by atoms with Gasteiger partial charge in [0, 0.05) is 28.8 Å². The molecule has 2 heterocycles. The second kappa shape index (κ2) is 6.02. The van der Waals surface area contributed by atoms with Gasteiger partial charge in [-0.2, -0.15) is 0 Å². The molecule has 1 aromatic rings. The molecule has 0 radical (unpaired) electrons. The highest BCUT2D eigenvalue weighted by molar-refractivity contribution is 7.11. The number of hydrogen-bond donors (Lipinski definition) is 2. The van der Waals surface area contributed by atoms with Gasteiger partial charge in [-0.1, -0.05) is 0 Å². The number of nitrogens with one attached hydrogen (secondary N) is 2. The molecule has 2 amide bonds. The SMILES string of the molecule is Cc1ccc(CNC(=O)NC[C@@H]2CCOC2)s1. The molecule has 94 valence electrons. The van der Waals surface area contributed by atoms with Crippen LogP contribution in [0.25, 0.3) is 0 Å². The first-order valence-corrected chi connectivity index (χ1v) is 6.70. The van der Waals surface area contributed by atoms with E-state index < -0.39 is 0 Å². The van der Waals surface area contributed by atoms with Gasteiger partial charge in [-0.15, -0.1) is 11.3 Å². The van der Waals surface area contributed by atoms with Gasteiger partial charge >= 0.3 is 6.03 Å². The molecule has 2 N–H and O–H groups in total. The van der Waals surface area contributed by atoms with E-state index in [-0.39, 0.29) is 6.03 Å². The molecule has 1 aliphatic rings. The summed E-state index contributed by atoms with van der Waals surface area (Å²) in [6.45, 7) is 4.96. The van der Waals surface area contributed by atoms with Gasteiger partial charge in [0.15, 0.2) is 0 Å². The zero-order valence-corrected chi connectivity index (χ0v) is 10.8. The number of thiophene rings is 1. The summed E-state index contributed by atoms with van der Waals surface area (Å²) in [5.41, 5.74) is 0. The van der Waals surface area contributed by atoms with Gasteiger partial charge in [-0.05, 0) is 25.5 Å². The second-order valence-corrected chi connectivity index (χ2v) is 5.68. The molecule has 1 aliphatic heterocycles. The van der Waals surface area contributed by atoms with Gasteiger partial charge in [0.1, 0.15) is 0 Å². The van der Waals surface area contributed by atoms with Crippen molar-refractivity contribution in [3.05, 3.63) is 21.9 Å². The first-order chi connectivity index (χ1) is 8.24. The molecule has 0 spiro atoms. The van der Waals surface area contributed by atoms with Crippen molar-refractivity contribution < 1.29 is 9.53 Å². The summed E-state index contributed by atoms with van der Waals surface area (Å²) >= 11 is 1.71. The predicted octanol–water partition coefficient (Wildman–Crippen LogP) is 1.89. The fourth-order valence-electron chi connectivity index (χ4n) is 1.79. The molecule has 5 heteroatoms. The molecule has 4 nitrogen and oxygen atoms in total. The van der Waals surface area contributed by atoms with Gasteiger partial charge in [-0.25, -0.2) is 4.79 Å². The Kier molecular flexibility index (Phi) is 4.39. The minimum Gasteiger partial charge on any atom is -0.381 e. The summed E-state index contributed by atoms with van der Waals surface area (Å²) in [5, 5.41) is 5.73. The van der Waals surface area contributed by atoms with Crippen molar-refractivity contribution in [3.8, 4) is 0 Å². The molecule has 0 aromatic carbocycles. The molecule has 1 saturated heterocycles. The Bertz CT molecular complexity index is 372. The lowest BCUT2D eigenvalue weighted by atomic mass is 10.1. The number of urea groups is 1. The minimum absolute atomic E-state index is 0.0945. The average Bonchev–Trinajstić information content (AvgIpc) is 2.95. The molecular weight excluding hydrogens is 236 g/mol. The Balaban J connectivity index is 1.63. The van der Waals surface area contributed by atoms with Crippen molar-refractivity contribution in [2.45, 2.75) is 19.9 Å². The third-order valence-corrected chi connectivity index (χ3v) is 3.80. The van der Waals surface area contributed by atoms with Crippen LogP contribution in [0.5, 0.6) is 0 Å². The fourth-order valence-corrected chi connectivity index (χ4v) is 2.62. The van der Waals surface area contributed by atoms with E-state index in [0.717, 1.165) is 19.6 Å². The van der Waals surface area contributed by atoms with Crippen LogP contribution in [-0.2, 0) is 11.3 Å². The third kappa shape index (κ3) is 4.02. The van der Waals surface area contributed by atoms with E-state index in [0.29, 0.717) is 19.0 Å². The maximum absolute atomic E-state index is 11.5. The van der Waals surface area contributed by atoms with E-state index in [4.69, 9.17) is 4.74 Å². The number of hydrogen-bond acceptors (Lipinski definition) is 3. The van der Waals surface area contributed by atoms with Crippen LogP contribution >= 0.6 is 11.3 Å². The van der Waals surface area contributed by atoms with E-state index in [1.165, 1.54) is 9.75 Å². The number of carbonyl (C=O) groups is 1. The molecule has 1 aromatic heterocycles. The smallest absolute Gasteiger partial charge is 0.315 e. The summed E-state index contributed by atoms with van der Waals surface area (Å²) in [5.74, 6) is 0.477. The monoisotopic (exact) mass is 254 g/mol. The number of aryl methyl sites for hydroxylation is 1. The van der Waals surface area contributed by atoms with E-state index >= 15 is 0 Å². The zero-order chi connectivity index (χ0) is 12.1. The van der Waals surface area contributed by atoms with E-state index in [9.17, 15) is 4.79 Å². The number of ether oxygens (including phenoxy) is 1. The molecule has 1 atom stereocenters. The summed E-state index contributed by atoms with van der Waals surface area (Å²) in [4.78, 5) is 14.0. The van der Waals surface area contributed by atoms with E-state index in [1.807, 2.05) is 6.07 Å². The highest BCUT2D eigenvalue weighted by Gasteiger charge is 2.15. The van der Waals surface area contributed by atoms with Crippen molar-refractivity contribution in [1.82, 2.24) is 10.6 Å². The quantitative estimate of drug-likeness (QED) is 0.862. The molecule has 0 unspecified atom stereocenters. The highest BCUT2D eigenvalue weighted by Crippen LogP contribution is 2.14. The van der Waals surface area contributed by atoms with Crippen molar-refractivity contribution in [2.75, 3.05) is 19.8 Å². The normalized spacial score (nSPS) is 19.2. The van der Waals surface area contributed by atoms with Crippen molar-refractivity contribution in [1.29, 1.82) is 0 Å². The van der Waals surface area contributed by atoms with Crippen molar-refractivity contribution >= 4 is 17.4 Å². The fraction of sp³-hybridized carbons (Fsp3) is 0.583. The maximum atomic E-state index is 11.5.